The number of carbonyl (C=O) groups is 1. The zero-order chi connectivity index (χ0) is 33.7. The van der Waals surface area contributed by atoms with Crippen LogP contribution in [0.2, 0.25) is 0 Å². The van der Waals surface area contributed by atoms with E-state index in [0.29, 0.717) is 25.0 Å². The number of aliphatic hydroxyl groups excluding tert-OH is 1. The first-order valence-corrected chi connectivity index (χ1v) is 17.6. The molecule has 1 saturated carbocycles. The third-order valence-corrected chi connectivity index (χ3v) is 11.0. The third kappa shape index (κ3) is 7.59. The van der Waals surface area contributed by atoms with Crippen molar-refractivity contribution in [2.24, 2.45) is 17.1 Å². The van der Waals surface area contributed by atoms with Crippen molar-refractivity contribution >= 4 is 5.78 Å². The Balaban J connectivity index is 1.22. The number of carbonyl (C=O) groups excluding carboxylic acids is 1. The number of aromatic hydroxyl groups is 3. The highest BCUT2D eigenvalue weighted by Gasteiger charge is 2.45. The Morgan fingerprint density at radius 3 is 2.56 bits per heavy atom. The molecule has 9 nitrogen and oxygen atoms in total. The molecule has 258 valence electrons. The fourth-order valence-electron chi connectivity index (χ4n) is 8.51. The number of fused-ring (bicyclic) bond motifs is 1. The number of phenols is 3. The van der Waals surface area contributed by atoms with Crippen molar-refractivity contribution < 1.29 is 34.7 Å². The van der Waals surface area contributed by atoms with E-state index in [1.54, 1.807) is 18.2 Å². The fourth-order valence-corrected chi connectivity index (χ4v) is 8.51. The molecule has 9 heteroatoms. The van der Waals surface area contributed by atoms with Crippen LogP contribution < -0.4 is 20.5 Å². The number of nitrogens with one attached hydrogen (secondary N) is 1. The molecule has 2 fully saturated rings. The zero-order valence-electron chi connectivity index (χ0n) is 27.7. The minimum Gasteiger partial charge on any atom is -0.504 e. The number of benzene rings is 3. The quantitative estimate of drug-likeness (QED) is 0.101. The van der Waals surface area contributed by atoms with Crippen molar-refractivity contribution in [1.82, 2.24) is 5.32 Å². The first kappa shape index (κ1) is 34.1. The first-order chi connectivity index (χ1) is 23.3. The summed E-state index contributed by atoms with van der Waals surface area (Å²) in [5.74, 6) is 0.212. The molecule has 0 aromatic heterocycles. The molecule has 6 rings (SSSR count). The standard InChI is InChI=1S/C39H50N2O7/c40-24-47-35-19-26(9-13-33(35)44)8-11-28(42)20-29(43)21-31-27(18-25-6-2-1-3-7-25)10-12-30-32(31)22-34(45)37(46)38(30)48-36-14-17-41-23-39(36)15-4-5-16-39/h1-3,6-7,9,13,19,22,27,29,31,36,41,43-46H,4-5,8,10-12,14-18,20-21,23-24,40H2. The summed E-state index contributed by atoms with van der Waals surface area (Å²) in [4.78, 5) is 13.1. The lowest BCUT2D eigenvalue weighted by Gasteiger charge is -2.43. The van der Waals surface area contributed by atoms with E-state index in [4.69, 9.17) is 15.2 Å². The second kappa shape index (κ2) is 15.2. The molecule has 0 amide bonds. The molecule has 7 N–H and O–H groups in total. The number of nitrogens with two attached hydrogens (primary N) is 1. The molecule has 3 aliphatic rings. The second-order valence-corrected chi connectivity index (χ2v) is 14.1. The van der Waals surface area contributed by atoms with Gasteiger partial charge in [-0.3, -0.25) is 10.5 Å². The normalized spacial score (nSPS) is 22.2. The molecule has 1 spiro atoms. The van der Waals surface area contributed by atoms with E-state index in [1.165, 1.54) is 24.5 Å². The maximum Gasteiger partial charge on any atom is 0.200 e. The Labute approximate surface area is 283 Å². The topological polar surface area (TPSA) is 154 Å². The Morgan fingerprint density at radius 1 is 1.00 bits per heavy atom. The molecule has 1 saturated heterocycles. The number of Topliss-reactive ketones (excluding diaryl/α,β-unsaturated/α-hetero) is 1. The van der Waals surface area contributed by atoms with E-state index in [1.807, 2.05) is 18.2 Å². The molecule has 1 heterocycles. The summed E-state index contributed by atoms with van der Waals surface area (Å²) in [5.41, 5.74) is 9.32. The number of ketones is 1. The van der Waals surface area contributed by atoms with Gasteiger partial charge in [-0.25, -0.2) is 0 Å². The van der Waals surface area contributed by atoms with Crippen LogP contribution in [0.25, 0.3) is 0 Å². The lowest BCUT2D eigenvalue weighted by atomic mass is 9.69. The number of phenolic OH excluding ortho intramolecular Hbond substituents is 3. The average molecular weight is 659 g/mol. The van der Waals surface area contributed by atoms with Crippen molar-refractivity contribution in [1.29, 1.82) is 0 Å². The monoisotopic (exact) mass is 658 g/mol. The van der Waals surface area contributed by atoms with Crippen LogP contribution >= 0.6 is 0 Å². The number of aliphatic hydroxyl groups is 1. The van der Waals surface area contributed by atoms with E-state index in [9.17, 15) is 25.2 Å². The molecule has 2 aliphatic carbocycles. The van der Waals surface area contributed by atoms with Gasteiger partial charge in [-0.1, -0.05) is 49.2 Å². The van der Waals surface area contributed by atoms with Crippen LogP contribution in [0.3, 0.4) is 0 Å². The maximum absolute atomic E-state index is 13.1. The smallest absolute Gasteiger partial charge is 0.200 e. The number of hydrogen-bond donors (Lipinski definition) is 6. The molecule has 0 radical (unpaired) electrons. The Hall–Kier alpha value is -3.79. The van der Waals surface area contributed by atoms with Gasteiger partial charge in [0.15, 0.2) is 23.0 Å². The van der Waals surface area contributed by atoms with E-state index in [-0.39, 0.29) is 71.7 Å². The summed E-state index contributed by atoms with van der Waals surface area (Å²) >= 11 is 0. The highest BCUT2D eigenvalue weighted by Crippen LogP contribution is 2.52. The fraction of sp³-hybridized carbons (Fsp3) is 0.513. The molecule has 48 heavy (non-hydrogen) atoms. The van der Waals surface area contributed by atoms with Gasteiger partial charge < -0.3 is 35.2 Å². The van der Waals surface area contributed by atoms with Gasteiger partial charge in [-0.15, -0.1) is 0 Å². The zero-order valence-corrected chi connectivity index (χ0v) is 27.7. The van der Waals surface area contributed by atoms with Crippen molar-refractivity contribution in [2.45, 2.75) is 95.2 Å². The van der Waals surface area contributed by atoms with Gasteiger partial charge in [0.2, 0.25) is 5.75 Å². The van der Waals surface area contributed by atoms with E-state index >= 15 is 0 Å². The lowest BCUT2D eigenvalue weighted by Crippen LogP contribution is -2.51. The molecular formula is C39H50N2O7. The number of rotatable bonds is 13. The van der Waals surface area contributed by atoms with Crippen LogP contribution in [-0.2, 0) is 24.1 Å². The van der Waals surface area contributed by atoms with Crippen molar-refractivity contribution in [3.8, 4) is 28.7 Å². The second-order valence-electron chi connectivity index (χ2n) is 14.1. The van der Waals surface area contributed by atoms with Crippen LogP contribution in [0.5, 0.6) is 28.7 Å². The summed E-state index contributed by atoms with van der Waals surface area (Å²) < 4.78 is 12.0. The summed E-state index contributed by atoms with van der Waals surface area (Å²) in [7, 11) is 0. The molecule has 4 atom stereocenters. The van der Waals surface area contributed by atoms with Crippen LogP contribution in [0, 0.1) is 11.3 Å². The largest absolute Gasteiger partial charge is 0.504 e. The van der Waals surface area contributed by atoms with Crippen LogP contribution in [-0.4, -0.2) is 58.2 Å². The molecular weight excluding hydrogens is 608 g/mol. The van der Waals surface area contributed by atoms with Crippen LogP contribution in [0.1, 0.15) is 86.0 Å². The van der Waals surface area contributed by atoms with E-state index in [0.717, 1.165) is 61.9 Å². The number of ether oxygens (including phenoxy) is 2. The molecule has 0 bridgehead atoms. The number of aryl methyl sites for hydroxylation is 1. The predicted octanol–water partition coefficient (Wildman–Crippen LogP) is 5.63. The highest BCUT2D eigenvalue weighted by atomic mass is 16.5. The van der Waals surface area contributed by atoms with Gasteiger partial charge in [0.1, 0.15) is 18.6 Å². The van der Waals surface area contributed by atoms with Gasteiger partial charge >= 0.3 is 0 Å². The van der Waals surface area contributed by atoms with Gasteiger partial charge in [0.25, 0.3) is 0 Å². The Kier molecular flexibility index (Phi) is 10.8. The summed E-state index contributed by atoms with van der Waals surface area (Å²) in [6.07, 6.45) is 7.81. The summed E-state index contributed by atoms with van der Waals surface area (Å²) in [6.45, 7) is 1.68. The van der Waals surface area contributed by atoms with Crippen molar-refractivity contribution in [3.05, 3.63) is 76.9 Å². The Bertz CT molecular complexity index is 1560. The number of piperidine rings is 1. The van der Waals surface area contributed by atoms with Gasteiger partial charge in [0.05, 0.1) is 6.10 Å². The SMILES string of the molecule is NCOc1cc(CCC(=O)CC(O)CC2c3cc(O)c(O)c(OC4CCNCC45CCCC5)c3CCC2Cc2ccccc2)ccc1O. The minimum atomic E-state index is -0.880. The van der Waals surface area contributed by atoms with Crippen LogP contribution in [0.4, 0.5) is 0 Å². The van der Waals surface area contributed by atoms with Gasteiger partial charge in [-0.05, 0) is 105 Å². The molecule has 3 aromatic rings. The van der Waals surface area contributed by atoms with Gasteiger partial charge in [0, 0.05) is 30.4 Å². The van der Waals surface area contributed by atoms with E-state index < -0.39 is 6.10 Å². The van der Waals surface area contributed by atoms with E-state index in [2.05, 4.69) is 17.4 Å². The molecule has 1 aliphatic heterocycles. The van der Waals surface area contributed by atoms with Crippen molar-refractivity contribution in [3.63, 3.8) is 0 Å². The lowest BCUT2D eigenvalue weighted by molar-refractivity contribution is -0.121. The van der Waals surface area contributed by atoms with Gasteiger partial charge in [-0.2, -0.15) is 0 Å². The summed E-state index contributed by atoms with van der Waals surface area (Å²) in [5, 5.41) is 47.2. The van der Waals surface area contributed by atoms with Crippen LogP contribution in [0.15, 0.2) is 54.6 Å². The third-order valence-electron chi connectivity index (χ3n) is 11.0. The predicted molar refractivity (Wildman–Crippen MR) is 184 cm³/mol. The summed E-state index contributed by atoms with van der Waals surface area (Å²) in [6, 6.07) is 16.9. The molecule has 3 aromatic carbocycles. The Morgan fingerprint density at radius 2 is 1.79 bits per heavy atom. The minimum absolute atomic E-state index is 0.00882. The average Bonchev–Trinajstić information content (AvgIpc) is 3.55. The van der Waals surface area contributed by atoms with Crippen molar-refractivity contribution in [2.75, 3.05) is 19.8 Å². The molecule has 4 unspecified atom stereocenters. The first-order valence-electron chi connectivity index (χ1n) is 17.6. The number of hydrogen-bond acceptors (Lipinski definition) is 9. The maximum atomic E-state index is 13.1. The highest BCUT2D eigenvalue weighted by molar-refractivity contribution is 5.79.